The third-order valence-electron chi connectivity index (χ3n) is 6.47. The van der Waals surface area contributed by atoms with Gasteiger partial charge in [0, 0.05) is 52.3 Å². The van der Waals surface area contributed by atoms with Gasteiger partial charge < -0.3 is 15.4 Å². The molecule has 0 spiro atoms. The van der Waals surface area contributed by atoms with E-state index in [0.29, 0.717) is 29.1 Å². The van der Waals surface area contributed by atoms with E-state index in [1.807, 2.05) is 50.2 Å². The molecule has 9 heteroatoms. The van der Waals surface area contributed by atoms with Crippen molar-refractivity contribution in [3.8, 4) is 39.5 Å². The third kappa shape index (κ3) is 4.82. The number of hydrogen-bond acceptors (Lipinski definition) is 5. The van der Waals surface area contributed by atoms with Crippen molar-refractivity contribution < 1.29 is 14.3 Å². The summed E-state index contributed by atoms with van der Waals surface area (Å²) < 4.78 is 14.0. The summed E-state index contributed by atoms with van der Waals surface area (Å²) in [6.07, 6.45) is 5.48. The molecule has 6 aromatic rings. The van der Waals surface area contributed by atoms with Crippen LogP contribution in [0.15, 0.2) is 73.2 Å². The smallest absolute Gasteiger partial charge is 0.224 e. The second-order valence-corrected chi connectivity index (χ2v) is 9.94. The Balaban J connectivity index is 1.39. The van der Waals surface area contributed by atoms with Gasteiger partial charge in [0.25, 0.3) is 0 Å². The number of nitrogens with one attached hydrogen (secondary N) is 3. The first kappa shape index (κ1) is 24.3. The lowest BCUT2D eigenvalue weighted by Gasteiger charge is -2.09. The molecule has 4 N–H and O–H groups in total. The number of hydrogen-bond donors (Lipinski definition) is 4. The van der Waals surface area contributed by atoms with Crippen molar-refractivity contribution in [1.29, 1.82) is 0 Å². The molecular weight excluding hydrogens is 495 g/mol. The molecule has 0 bridgehead atoms. The Morgan fingerprint density at radius 2 is 1.79 bits per heavy atom. The number of phenolic OH excluding ortho intramolecular Hbond substituents is 1. The number of carbonyl (C=O) groups is 1. The lowest BCUT2D eigenvalue weighted by molar-refractivity contribution is -0.116. The number of aromatic amines is 2. The van der Waals surface area contributed by atoms with Crippen molar-refractivity contribution in [3.63, 3.8) is 0 Å². The Labute approximate surface area is 223 Å². The fraction of sp³-hybridized carbons (Fsp3) is 0.133. The Hall–Kier alpha value is -5.05. The number of H-pyrrole nitrogens is 2. The zero-order chi connectivity index (χ0) is 27.1. The van der Waals surface area contributed by atoms with Crippen LogP contribution < -0.4 is 5.32 Å². The minimum atomic E-state index is -0.538. The van der Waals surface area contributed by atoms with E-state index in [1.165, 1.54) is 12.1 Å². The van der Waals surface area contributed by atoms with Crippen molar-refractivity contribution in [2.75, 3.05) is 5.32 Å². The van der Waals surface area contributed by atoms with Crippen molar-refractivity contribution in [2.24, 2.45) is 5.92 Å². The van der Waals surface area contributed by atoms with Crippen LogP contribution in [0.3, 0.4) is 0 Å². The van der Waals surface area contributed by atoms with Gasteiger partial charge in [-0.15, -0.1) is 0 Å². The van der Waals surface area contributed by atoms with Crippen molar-refractivity contribution in [2.45, 2.75) is 20.3 Å². The first-order valence-corrected chi connectivity index (χ1v) is 12.6. The number of nitrogens with zero attached hydrogens (tertiary/aromatic N) is 3. The molecule has 0 aliphatic heterocycles. The normalized spacial score (nSPS) is 11.5. The van der Waals surface area contributed by atoms with Crippen LogP contribution in [0, 0.1) is 11.7 Å². The predicted octanol–water partition coefficient (Wildman–Crippen LogP) is 6.66. The number of fused-ring (bicyclic) bond motifs is 2. The van der Waals surface area contributed by atoms with Crippen LogP contribution in [0.1, 0.15) is 20.3 Å². The standard InChI is InChI=1S/C30H25FN6O2/c1-16(2)7-28(39)34-21-9-19(14-32-15-21)17-3-4-26-23(11-17)30(37-36-26)27-13-24-25(35-27)5-6-33-29(24)18-8-20(31)12-22(38)10-18/h3-6,8-16,35,38H,7H2,1-2H3,(H,34,39)(H,36,37). The van der Waals surface area contributed by atoms with E-state index in [1.54, 1.807) is 18.6 Å². The molecule has 0 aliphatic rings. The number of benzene rings is 2. The Morgan fingerprint density at radius 1 is 0.949 bits per heavy atom. The highest BCUT2D eigenvalue weighted by molar-refractivity contribution is 6.01. The number of pyridine rings is 2. The summed E-state index contributed by atoms with van der Waals surface area (Å²) in [5.74, 6) is -0.481. The van der Waals surface area contributed by atoms with Gasteiger partial charge in [0.05, 0.1) is 28.8 Å². The summed E-state index contributed by atoms with van der Waals surface area (Å²) in [5.41, 5.74) is 6.59. The van der Waals surface area contributed by atoms with E-state index in [-0.39, 0.29) is 17.6 Å². The second kappa shape index (κ2) is 9.68. The molecule has 4 heterocycles. The molecule has 6 rings (SSSR count). The lowest BCUT2D eigenvalue weighted by atomic mass is 10.0. The second-order valence-electron chi connectivity index (χ2n) is 9.94. The minimum Gasteiger partial charge on any atom is -0.508 e. The first-order chi connectivity index (χ1) is 18.8. The number of amides is 1. The Bertz CT molecular complexity index is 1840. The molecule has 0 atom stereocenters. The number of carbonyl (C=O) groups excluding carboxylic acids is 1. The topological polar surface area (TPSA) is 120 Å². The van der Waals surface area contributed by atoms with Crippen LogP contribution in [0.4, 0.5) is 10.1 Å². The van der Waals surface area contributed by atoms with Gasteiger partial charge in [-0.1, -0.05) is 19.9 Å². The maximum Gasteiger partial charge on any atom is 0.224 e. The molecule has 1 amide bonds. The van der Waals surface area contributed by atoms with Crippen molar-refractivity contribution >= 4 is 33.4 Å². The largest absolute Gasteiger partial charge is 0.508 e. The molecule has 0 aliphatic carbocycles. The number of aromatic nitrogens is 5. The Kier molecular flexibility index (Phi) is 6.03. The van der Waals surface area contributed by atoms with Crippen LogP contribution in [0.5, 0.6) is 5.75 Å². The average Bonchev–Trinajstić information content (AvgIpc) is 3.51. The Morgan fingerprint density at radius 3 is 2.62 bits per heavy atom. The van der Waals surface area contributed by atoms with E-state index in [4.69, 9.17) is 0 Å². The quantitative estimate of drug-likeness (QED) is 0.196. The number of aromatic hydroxyl groups is 1. The number of phenols is 1. The molecule has 0 radical (unpaired) electrons. The fourth-order valence-corrected chi connectivity index (χ4v) is 4.77. The zero-order valence-corrected chi connectivity index (χ0v) is 21.3. The van der Waals surface area contributed by atoms with Crippen LogP contribution in [-0.2, 0) is 4.79 Å². The first-order valence-electron chi connectivity index (χ1n) is 12.6. The van der Waals surface area contributed by atoms with Gasteiger partial charge >= 0.3 is 0 Å². The summed E-state index contributed by atoms with van der Waals surface area (Å²) in [6, 6.07) is 15.5. The van der Waals surface area contributed by atoms with Crippen molar-refractivity contribution in [1.82, 2.24) is 25.1 Å². The van der Waals surface area contributed by atoms with Crippen LogP contribution in [0.2, 0.25) is 0 Å². The van der Waals surface area contributed by atoms with Crippen LogP contribution >= 0.6 is 0 Å². The average molecular weight is 521 g/mol. The summed E-state index contributed by atoms with van der Waals surface area (Å²) >= 11 is 0. The van der Waals surface area contributed by atoms with E-state index in [9.17, 15) is 14.3 Å². The highest BCUT2D eigenvalue weighted by Gasteiger charge is 2.16. The molecule has 0 unspecified atom stereocenters. The van der Waals surface area contributed by atoms with E-state index in [0.717, 1.165) is 44.7 Å². The van der Waals surface area contributed by atoms with Gasteiger partial charge in [-0.2, -0.15) is 5.10 Å². The van der Waals surface area contributed by atoms with E-state index in [2.05, 4.69) is 30.5 Å². The number of rotatable bonds is 6. The molecule has 194 valence electrons. The van der Waals surface area contributed by atoms with Crippen molar-refractivity contribution in [3.05, 3.63) is 79.0 Å². The van der Waals surface area contributed by atoms with E-state index < -0.39 is 5.82 Å². The molecule has 8 nitrogen and oxygen atoms in total. The molecular formula is C30H25FN6O2. The summed E-state index contributed by atoms with van der Waals surface area (Å²) in [6.45, 7) is 4.01. The summed E-state index contributed by atoms with van der Waals surface area (Å²) in [4.78, 5) is 24.4. The summed E-state index contributed by atoms with van der Waals surface area (Å²) in [7, 11) is 0. The zero-order valence-electron chi connectivity index (χ0n) is 21.3. The number of anilines is 1. The van der Waals surface area contributed by atoms with Gasteiger partial charge in [0.1, 0.15) is 17.3 Å². The maximum atomic E-state index is 14.0. The van der Waals surface area contributed by atoms with Crippen LogP contribution in [-0.4, -0.2) is 36.2 Å². The van der Waals surface area contributed by atoms with Gasteiger partial charge in [0.2, 0.25) is 5.91 Å². The monoisotopic (exact) mass is 520 g/mol. The number of halogens is 1. The molecule has 0 fully saturated rings. The van der Waals surface area contributed by atoms with Gasteiger partial charge in [-0.3, -0.25) is 19.9 Å². The van der Waals surface area contributed by atoms with Gasteiger partial charge in [-0.25, -0.2) is 4.39 Å². The van der Waals surface area contributed by atoms with Gasteiger partial charge in [-0.05, 0) is 53.9 Å². The molecule has 39 heavy (non-hydrogen) atoms. The molecule has 2 aromatic carbocycles. The maximum absolute atomic E-state index is 14.0. The highest BCUT2D eigenvalue weighted by Crippen LogP contribution is 2.35. The molecule has 0 saturated heterocycles. The predicted molar refractivity (Wildman–Crippen MR) is 150 cm³/mol. The SMILES string of the molecule is CC(C)CC(=O)Nc1cncc(-c2ccc3[nH]nc(-c4cc5c(-c6cc(O)cc(F)c6)nccc5[nH]4)c3c2)c1. The molecule has 4 aromatic heterocycles. The summed E-state index contributed by atoms with van der Waals surface area (Å²) in [5, 5.41) is 22.1. The minimum absolute atomic E-state index is 0.0438. The van der Waals surface area contributed by atoms with Gasteiger partial charge in [0.15, 0.2) is 0 Å². The molecule has 0 saturated carbocycles. The van der Waals surface area contributed by atoms with Crippen LogP contribution in [0.25, 0.3) is 55.6 Å². The fourth-order valence-electron chi connectivity index (χ4n) is 4.77. The van der Waals surface area contributed by atoms with E-state index >= 15 is 0 Å². The third-order valence-corrected chi connectivity index (χ3v) is 6.47. The lowest BCUT2D eigenvalue weighted by Crippen LogP contribution is -2.13. The highest BCUT2D eigenvalue weighted by atomic mass is 19.1.